The molecule has 11 heteroatoms. The van der Waals surface area contributed by atoms with Crippen molar-refractivity contribution in [2.45, 2.75) is 0 Å². The Bertz CT molecular complexity index is 782. The number of ether oxygens (including phenoxy) is 1. The van der Waals surface area contributed by atoms with Crippen molar-refractivity contribution in [3.05, 3.63) is 28.4 Å². The Morgan fingerprint density at radius 1 is 1.32 bits per heavy atom. The number of Topliss-reactive ketones (excluding diaryl/α,β-unsaturated/α-hetero) is 1. The lowest BCUT2D eigenvalue weighted by molar-refractivity contribution is -0.119. The summed E-state index contributed by atoms with van der Waals surface area (Å²) in [6, 6.07) is 0. The third-order valence-electron chi connectivity index (χ3n) is 3.84. The predicted octanol–water partition coefficient (Wildman–Crippen LogP) is -0.730. The lowest BCUT2D eigenvalue weighted by Gasteiger charge is -2.31. The van der Waals surface area contributed by atoms with Gasteiger partial charge < -0.3 is 9.84 Å². The van der Waals surface area contributed by atoms with Gasteiger partial charge in [-0.15, -0.1) is 15.7 Å². The summed E-state index contributed by atoms with van der Waals surface area (Å²) in [6.07, 6.45) is 2.90. The number of thiazole rings is 1. The summed E-state index contributed by atoms with van der Waals surface area (Å²) in [6.45, 7) is 2.34. The molecule has 0 radical (unpaired) electrons. The molecule has 2 aliphatic rings. The number of carbonyl (C=O) groups is 1. The fourth-order valence-electron chi connectivity index (χ4n) is 2.57. The van der Waals surface area contributed by atoms with Crippen molar-refractivity contribution in [3.63, 3.8) is 0 Å². The minimum absolute atomic E-state index is 0.0779. The zero-order valence-corrected chi connectivity index (χ0v) is 15.0. The maximum atomic E-state index is 12.6. The van der Waals surface area contributed by atoms with E-state index in [0.717, 1.165) is 4.31 Å². The third-order valence-corrected chi connectivity index (χ3v) is 6.00. The van der Waals surface area contributed by atoms with Crippen LogP contribution in [-0.4, -0.2) is 85.2 Å². The van der Waals surface area contributed by atoms with Crippen LogP contribution in [-0.2, 0) is 19.7 Å². The Morgan fingerprint density at radius 3 is 2.72 bits per heavy atom. The first-order valence-electron chi connectivity index (χ1n) is 7.69. The van der Waals surface area contributed by atoms with Crippen LogP contribution >= 0.6 is 11.3 Å². The standard InChI is InChI=1S/C14H18N4O5S2/c19-10-13(20)12-9-11(14-15-1-8-24-14)16-25(21,22)18(12)3-2-17-4-6-23-7-5-17/h1,8-9,19H,2-7,10H2. The quantitative estimate of drug-likeness (QED) is 0.686. The highest BCUT2D eigenvalue weighted by molar-refractivity contribution is 7.88. The van der Waals surface area contributed by atoms with Crippen molar-refractivity contribution in [2.75, 3.05) is 46.0 Å². The highest BCUT2D eigenvalue weighted by atomic mass is 32.2. The number of ketones is 1. The van der Waals surface area contributed by atoms with Gasteiger partial charge in [0.25, 0.3) is 0 Å². The summed E-state index contributed by atoms with van der Waals surface area (Å²) in [5.74, 6) is -0.672. The van der Waals surface area contributed by atoms with Crippen molar-refractivity contribution in [1.82, 2.24) is 14.2 Å². The van der Waals surface area contributed by atoms with Crippen LogP contribution in [0.2, 0.25) is 0 Å². The van der Waals surface area contributed by atoms with Gasteiger partial charge in [-0.05, 0) is 6.08 Å². The van der Waals surface area contributed by atoms with E-state index >= 15 is 0 Å². The molecule has 0 atom stereocenters. The molecule has 2 aliphatic heterocycles. The zero-order chi connectivity index (χ0) is 17.9. The van der Waals surface area contributed by atoms with Crippen LogP contribution in [0.4, 0.5) is 0 Å². The van der Waals surface area contributed by atoms with E-state index in [1.165, 1.54) is 23.6 Å². The number of aromatic nitrogens is 1. The number of aliphatic hydroxyl groups is 1. The van der Waals surface area contributed by atoms with Crippen molar-refractivity contribution in [2.24, 2.45) is 4.40 Å². The fourth-order valence-corrected chi connectivity index (χ4v) is 4.43. The number of aliphatic hydroxyl groups excluding tert-OH is 1. The monoisotopic (exact) mass is 386 g/mol. The maximum Gasteiger partial charge on any atom is 0.345 e. The van der Waals surface area contributed by atoms with Crippen LogP contribution in [0.1, 0.15) is 5.01 Å². The van der Waals surface area contributed by atoms with Crippen molar-refractivity contribution in [1.29, 1.82) is 0 Å². The van der Waals surface area contributed by atoms with E-state index in [0.29, 0.717) is 37.9 Å². The molecule has 3 rings (SSSR count). The fraction of sp³-hybridized carbons (Fsp3) is 0.500. The molecule has 0 saturated carbocycles. The summed E-state index contributed by atoms with van der Waals surface area (Å²) in [5, 5.41) is 11.3. The number of carbonyl (C=O) groups excluding carboxylic acids is 1. The predicted molar refractivity (Wildman–Crippen MR) is 91.7 cm³/mol. The Labute approximate surface area is 149 Å². The second-order valence-corrected chi connectivity index (χ2v) is 7.84. The molecule has 1 aromatic rings. The van der Waals surface area contributed by atoms with Gasteiger partial charge in [-0.1, -0.05) is 0 Å². The number of hydrogen-bond donors (Lipinski definition) is 1. The van der Waals surface area contributed by atoms with E-state index in [2.05, 4.69) is 14.3 Å². The molecule has 0 aromatic carbocycles. The van der Waals surface area contributed by atoms with Gasteiger partial charge in [0.05, 0.1) is 13.2 Å². The maximum absolute atomic E-state index is 12.6. The first-order chi connectivity index (χ1) is 12.0. The van der Waals surface area contributed by atoms with E-state index in [1.807, 2.05) is 0 Å². The minimum atomic E-state index is -4.07. The van der Waals surface area contributed by atoms with Crippen molar-refractivity contribution < 1.29 is 23.1 Å². The Kier molecular flexibility index (Phi) is 5.59. The molecule has 1 aromatic heterocycles. The molecule has 25 heavy (non-hydrogen) atoms. The topological polar surface area (TPSA) is 112 Å². The SMILES string of the molecule is O=C(CO)C1=CC(c2nccs2)=NS(=O)(=O)N1CCN1CCOCC1. The Morgan fingerprint density at radius 2 is 2.08 bits per heavy atom. The molecule has 0 amide bonds. The van der Waals surface area contributed by atoms with Gasteiger partial charge >= 0.3 is 10.2 Å². The number of hydrogen-bond acceptors (Lipinski definition) is 8. The van der Waals surface area contributed by atoms with Crippen molar-refractivity contribution >= 4 is 33.0 Å². The number of rotatable bonds is 6. The molecular formula is C14H18N4O5S2. The Balaban J connectivity index is 1.85. The average molecular weight is 386 g/mol. The molecule has 1 saturated heterocycles. The van der Waals surface area contributed by atoms with Gasteiger partial charge in [-0.25, -0.2) is 9.29 Å². The highest BCUT2D eigenvalue weighted by Gasteiger charge is 2.33. The third kappa shape index (κ3) is 4.12. The van der Waals surface area contributed by atoms with E-state index in [9.17, 15) is 18.3 Å². The molecule has 0 bridgehead atoms. The molecule has 0 spiro atoms. The van der Waals surface area contributed by atoms with Crippen LogP contribution in [0.5, 0.6) is 0 Å². The van der Waals surface area contributed by atoms with E-state index in [4.69, 9.17) is 4.74 Å². The Hall–Kier alpha value is -1.66. The lowest BCUT2D eigenvalue weighted by atomic mass is 10.2. The van der Waals surface area contributed by atoms with Crippen LogP contribution in [0.25, 0.3) is 0 Å². The van der Waals surface area contributed by atoms with Crippen LogP contribution in [0.15, 0.2) is 27.7 Å². The number of allylic oxidation sites excluding steroid dienone is 1. The van der Waals surface area contributed by atoms with Gasteiger partial charge in [0.15, 0.2) is 0 Å². The molecule has 3 heterocycles. The van der Waals surface area contributed by atoms with E-state index in [1.54, 1.807) is 5.38 Å². The molecule has 136 valence electrons. The lowest BCUT2D eigenvalue weighted by Crippen LogP contribution is -2.44. The van der Waals surface area contributed by atoms with Gasteiger partial charge in [-0.2, -0.15) is 8.42 Å². The summed E-state index contributed by atoms with van der Waals surface area (Å²) in [4.78, 5) is 18.2. The van der Waals surface area contributed by atoms with Crippen LogP contribution in [0.3, 0.4) is 0 Å². The van der Waals surface area contributed by atoms with Gasteiger partial charge in [-0.3, -0.25) is 9.69 Å². The number of nitrogens with zero attached hydrogens (tertiary/aromatic N) is 4. The van der Waals surface area contributed by atoms with Crippen molar-refractivity contribution in [3.8, 4) is 0 Å². The van der Waals surface area contributed by atoms with E-state index in [-0.39, 0.29) is 18.0 Å². The number of morpholine rings is 1. The normalized spacial score (nSPS) is 20.9. The second-order valence-electron chi connectivity index (χ2n) is 5.43. The summed E-state index contributed by atoms with van der Waals surface area (Å²) >= 11 is 1.22. The molecule has 1 N–H and O–H groups in total. The highest BCUT2D eigenvalue weighted by Crippen LogP contribution is 2.22. The molecule has 0 aliphatic carbocycles. The van der Waals surface area contributed by atoms with Crippen LogP contribution in [0, 0.1) is 0 Å². The van der Waals surface area contributed by atoms with E-state index < -0.39 is 22.6 Å². The van der Waals surface area contributed by atoms with Gasteiger partial charge in [0.2, 0.25) is 5.78 Å². The molecule has 1 fully saturated rings. The van der Waals surface area contributed by atoms with Crippen LogP contribution < -0.4 is 0 Å². The second kappa shape index (κ2) is 7.70. The summed E-state index contributed by atoms with van der Waals surface area (Å²) < 4.78 is 35.2. The molecule has 0 unspecified atom stereocenters. The van der Waals surface area contributed by atoms with Gasteiger partial charge in [0, 0.05) is 37.8 Å². The average Bonchev–Trinajstić information content (AvgIpc) is 3.14. The molecule has 9 nitrogen and oxygen atoms in total. The minimum Gasteiger partial charge on any atom is -0.388 e. The van der Waals surface area contributed by atoms with Gasteiger partial charge in [0.1, 0.15) is 23.0 Å². The largest absolute Gasteiger partial charge is 0.388 e. The first-order valence-corrected chi connectivity index (χ1v) is 9.97. The summed E-state index contributed by atoms with van der Waals surface area (Å²) in [5.41, 5.74) is 0.0189. The first kappa shape index (κ1) is 18.1. The smallest absolute Gasteiger partial charge is 0.345 e. The summed E-state index contributed by atoms with van der Waals surface area (Å²) in [7, 11) is -4.07. The molecular weight excluding hydrogens is 368 g/mol. The zero-order valence-electron chi connectivity index (χ0n) is 13.4.